The molecule has 0 unspecified atom stereocenters. The molecule has 6 nitrogen and oxygen atoms in total. The molecule has 0 radical (unpaired) electrons. The number of ether oxygens (including phenoxy) is 3. The van der Waals surface area contributed by atoms with Gasteiger partial charge >= 0.3 is 0 Å². The maximum atomic E-state index is 12.2. The van der Waals surface area contributed by atoms with Crippen molar-refractivity contribution in [3.8, 4) is 17.2 Å². The number of halogens is 1. The Labute approximate surface area is 205 Å². The number of aryl methyl sites for hydroxylation is 1. The molecule has 2 aromatic carbocycles. The van der Waals surface area contributed by atoms with E-state index in [9.17, 15) is 4.79 Å². The first-order chi connectivity index (χ1) is 15.8. The van der Waals surface area contributed by atoms with Gasteiger partial charge in [-0.15, -0.1) is 0 Å². The Morgan fingerprint density at radius 2 is 1.88 bits per heavy atom. The van der Waals surface area contributed by atoms with Gasteiger partial charge in [0, 0.05) is 4.47 Å². The lowest BCUT2D eigenvalue weighted by Crippen LogP contribution is -2.25. The van der Waals surface area contributed by atoms with E-state index in [0.717, 1.165) is 34.0 Å². The second-order valence-corrected chi connectivity index (χ2v) is 9.05. The molecule has 180 valence electrons. The van der Waals surface area contributed by atoms with Crippen LogP contribution in [0.15, 0.2) is 39.9 Å². The first-order valence-electron chi connectivity index (χ1n) is 11.4. The summed E-state index contributed by atoms with van der Waals surface area (Å²) in [6.45, 7) is 8.90. The fraction of sp³-hybridized carbons (Fsp3) is 0.462. The van der Waals surface area contributed by atoms with Crippen molar-refractivity contribution in [2.24, 2.45) is 5.10 Å². The number of nitrogens with one attached hydrogen (secondary N) is 1. The summed E-state index contributed by atoms with van der Waals surface area (Å²) in [5.41, 5.74) is 5.39. The lowest BCUT2D eigenvalue weighted by molar-refractivity contribution is -0.123. The SMILES string of the molecule is CCCCCCOc1ccc(/C=N/NC(=O)COc2cc(C)c(Br)cc2C(C)C)cc1OC. The van der Waals surface area contributed by atoms with Crippen molar-refractivity contribution in [3.63, 3.8) is 0 Å². The lowest BCUT2D eigenvalue weighted by Gasteiger charge is -2.15. The average molecular weight is 519 g/mol. The molecule has 0 aliphatic heterocycles. The van der Waals surface area contributed by atoms with Crippen molar-refractivity contribution in [1.29, 1.82) is 0 Å². The van der Waals surface area contributed by atoms with Gasteiger partial charge in [-0.1, -0.05) is 56.0 Å². The topological polar surface area (TPSA) is 69.2 Å². The van der Waals surface area contributed by atoms with Gasteiger partial charge in [0.05, 0.1) is 19.9 Å². The summed E-state index contributed by atoms with van der Waals surface area (Å²) in [6.07, 6.45) is 6.16. The van der Waals surface area contributed by atoms with Crippen LogP contribution in [-0.4, -0.2) is 32.4 Å². The zero-order valence-corrected chi connectivity index (χ0v) is 21.8. The Hall–Kier alpha value is -2.54. The number of unbranched alkanes of at least 4 members (excludes halogenated alkanes) is 3. The molecule has 33 heavy (non-hydrogen) atoms. The summed E-state index contributed by atoms with van der Waals surface area (Å²) >= 11 is 3.55. The number of carbonyl (C=O) groups is 1. The van der Waals surface area contributed by atoms with Crippen LogP contribution >= 0.6 is 15.9 Å². The number of methoxy groups -OCH3 is 1. The quantitative estimate of drug-likeness (QED) is 0.190. The Balaban J connectivity index is 1.89. The highest BCUT2D eigenvalue weighted by Gasteiger charge is 2.12. The molecule has 0 aliphatic carbocycles. The maximum absolute atomic E-state index is 12.2. The van der Waals surface area contributed by atoms with Crippen molar-refractivity contribution in [3.05, 3.63) is 51.5 Å². The van der Waals surface area contributed by atoms with Crippen LogP contribution in [0, 0.1) is 6.92 Å². The zero-order valence-electron chi connectivity index (χ0n) is 20.2. The van der Waals surface area contributed by atoms with E-state index >= 15 is 0 Å². The van der Waals surface area contributed by atoms with E-state index in [1.54, 1.807) is 13.3 Å². The molecule has 0 fully saturated rings. The Morgan fingerprint density at radius 1 is 1.09 bits per heavy atom. The number of nitrogens with zero attached hydrogens (tertiary/aromatic N) is 1. The Bertz CT molecular complexity index is 944. The highest BCUT2D eigenvalue weighted by atomic mass is 79.9. The number of hydrazone groups is 1. The van der Waals surface area contributed by atoms with Gasteiger partial charge in [-0.05, 0) is 66.3 Å². The molecule has 0 spiro atoms. The standard InChI is InChI=1S/C26H35BrN2O4/c1-6-7-8-9-12-32-23-11-10-20(14-25(23)31-5)16-28-29-26(30)17-33-24-13-19(4)22(27)15-21(24)18(2)3/h10-11,13-16,18H,6-9,12,17H2,1-5H3,(H,29,30)/b28-16+. The first kappa shape index (κ1) is 26.7. The minimum Gasteiger partial charge on any atom is -0.493 e. The van der Waals surface area contributed by atoms with Crippen molar-refractivity contribution in [2.45, 2.75) is 59.3 Å². The van der Waals surface area contributed by atoms with E-state index in [1.807, 2.05) is 37.3 Å². The monoisotopic (exact) mass is 518 g/mol. The van der Waals surface area contributed by atoms with Crippen molar-refractivity contribution in [1.82, 2.24) is 5.43 Å². The van der Waals surface area contributed by atoms with Crippen LogP contribution in [0.5, 0.6) is 17.2 Å². The molecule has 0 saturated heterocycles. The van der Waals surface area contributed by atoms with E-state index in [0.29, 0.717) is 23.9 Å². The van der Waals surface area contributed by atoms with Crippen LogP contribution in [0.2, 0.25) is 0 Å². The fourth-order valence-corrected chi connectivity index (χ4v) is 3.56. The summed E-state index contributed by atoms with van der Waals surface area (Å²) in [5, 5.41) is 4.04. The van der Waals surface area contributed by atoms with Gasteiger partial charge in [0.15, 0.2) is 18.1 Å². The van der Waals surface area contributed by atoms with Gasteiger partial charge in [-0.2, -0.15) is 5.10 Å². The second kappa shape index (κ2) is 13.9. The largest absolute Gasteiger partial charge is 0.493 e. The number of amides is 1. The molecule has 0 heterocycles. The van der Waals surface area contributed by atoms with Gasteiger partial charge in [0.1, 0.15) is 5.75 Å². The number of rotatable bonds is 13. The van der Waals surface area contributed by atoms with Crippen LogP contribution in [0.4, 0.5) is 0 Å². The molecule has 2 aromatic rings. The molecular formula is C26H35BrN2O4. The molecule has 0 aromatic heterocycles. The van der Waals surface area contributed by atoms with E-state index < -0.39 is 0 Å². The number of carbonyl (C=O) groups excluding carboxylic acids is 1. The normalized spacial score (nSPS) is 11.1. The fourth-order valence-electron chi connectivity index (χ4n) is 3.20. The van der Waals surface area contributed by atoms with Crippen LogP contribution in [0.3, 0.4) is 0 Å². The third-order valence-corrected chi connectivity index (χ3v) is 5.97. The van der Waals surface area contributed by atoms with Gasteiger partial charge in [0.2, 0.25) is 0 Å². The second-order valence-electron chi connectivity index (χ2n) is 8.20. The Morgan fingerprint density at radius 3 is 2.58 bits per heavy atom. The van der Waals surface area contributed by atoms with Crippen LogP contribution < -0.4 is 19.6 Å². The third-order valence-electron chi connectivity index (χ3n) is 5.12. The number of hydrogen-bond acceptors (Lipinski definition) is 5. The predicted octanol–water partition coefficient (Wildman–Crippen LogP) is 6.38. The molecule has 0 saturated carbocycles. The van der Waals surface area contributed by atoms with Crippen LogP contribution in [0.25, 0.3) is 0 Å². The minimum absolute atomic E-state index is 0.119. The van der Waals surface area contributed by atoms with Gasteiger partial charge in [0.25, 0.3) is 5.91 Å². The zero-order chi connectivity index (χ0) is 24.2. The van der Waals surface area contributed by atoms with Gasteiger partial charge in [-0.3, -0.25) is 4.79 Å². The van der Waals surface area contributed by atoms with Crippen molar-refractivity contribution >= 4 is 28.1 Å². The molecular weight excluding hydrogens is 484 g/mol. The minimum atomic E-state index is -0.333. The molecule has 0 aliphatic rings. The number of hydrogen-bond donors (Lipinski definition) is 1. The lowest BCUT2D eigenvalue weighted by atomic mass is 10.0. The molecule has 2 rings (SSSR count). The van der Waals surface area contributed by atoms with E-state index in [2.05, 4.69) is 47.2 Å². The average Bonchev–Trinajstić information content (AvgIpc) is 2.79. The molecule has 7 heteroatoms. The van der Waals surface area contributed by atoms with Crippen molar-refractivity contribution in [2.75, 3.05) is 20.3 Å². The first-order valence-corrected chi connectivity index (χ1v) is 12.2. The smallest absolute Gasteiger partial charge is 0.277 e. The summed E-state index contributed by atoms with van der Waals surface area (Å²) in [6, 6.07) is 9.53. The summed E-state index contributed by atoms with van der Waals surface area (Å²) < 4.78 is 18.1. The number of benzene rings is 2. The van der Waals surface area contributed by atoms with E-state index in [1.165, 1.54) is 12.8 Å². The molecule has 1 N–H and O–H groups in total. The van der Waals surface area contributed by atoms with E-state index in [4.69, 9.17) is 14.2 Å². The molecule has 0 atom stereocenters. The van der Waals surface area contributed by atoms with Gasteiger partial charge < -0.3 is 14.2 Å². The summed E-state index contributed by atoms with van der Waals surface area (Å²) in [5.74, 6) is 1.99. The van der Waals surface area contributed by atoms with Crippen LogP contribution in [-0.2, 0) is 4.79 Å². The van der Waals surface area contributed by atoms with E-state index in [-0.39, 0.29) is 18.4 Å². The molecule has 1 amide bonds. The van der Waals surface area contributed by atoms with Gasteiger partial charge in [-0.25, -0.2) is 5.43 Å². The predicted molar refractivity (Wildman–Crippen MR) is 137 cm³/mol. The Kier molecular flexibility index (Phi) is 11.2. The van der Waals surface area contributed by atoms with Crippen LogP contribution in [0.1, 0.15) is 69.1 Å². The third kappa shape index (κ3) is 8.72. The highest BCUT2D eigenvalue weighted by Crippen LogP contribution is 2.32. The summed E-state index contributed by atoms with van der Waals surface area (Å²) in [4.78, 5) is 12.2. The maximum Gasteiger partial charge on any atom is 0.277 e. The highest BCUT2D eigenvalue weighted by molar-refractivity contribution is 9.10. The van der Waals surface area contributed by atoms with Crippen molar-refractivity contribution < 1.29 is 19.0 Å². The summed E-state index contributed by atoms with van der Waals surface area (Å²) in [7, 11) is 1.61. The molecule has 0 bridgehead atoms.